The number of nitrogens with zero attached hydrogens (tertiary/aromatic N) is 1. The van der Waals surface area contributed by atoms with Gasteiger partial charge in [0, 0.05) is 25.2 Å². The fourth-order valence-electron chi connectivity index (χ4n) is 1.35. The fraction of sp³-hybridized carbons (Fsp3) is 0.500. The minimum atomic E-state index is -0.0591. The summed E-state index contributed by atoms with van der Waals surface area (Å²) in [5, 5.41) is 6.29. The van der Waals surface area contributed by atoms with Gasteiger partial charge < -0.3 is 10.6 Å². The molecule has 1 heterocycles. The number of carbonyl (C=O) groups is 1. The Balaban J connectivity index is 2.51. The molecule has 5 heteroatoms. The van der Waals surface area contributed by atoms with Gasteiger partial charge in [0.25, 0.3) is 0 Å². The first-order chi connectivity index (χ1) is 8.00. The summed E-state index contributed by atoms with van der Waals surface area (Å²) in [5.74, 6) is -0.0591. The summed E-state index contributed by atoms with van der Waals surface area (Å²) in [4.78, 5) is 15.6. The Bertz CT molecular complexity index is 373. The van der Waals surface area contributed by atoms with Crippen molar-refractivity contribution >= 4 is 23.2 Å². The lowest BCUT2D eigenvalue weighted by Crippen LogP contribution is -2.27. The first-order valence-corrected chi connectivity index (χ1v) is 6.03. The van der Waals surface area contributed by atoms with E-state index >= 15 is 0 Å². The summed E-state index contributed by atoms with van der Waals surface area (Å²) in [5.41, 5.74) is 1.51. The van der Waals surface area contributed by atoms with Crippen LogP contribution in [0.3, 0.4) is 0 Å². The maximum Gasteiger partial charge on any atom is 0.225 e. The summed E-state index contributed by atoms with van der Waals surface area (Å²) in [7, 11) is 0. The van der Waals surface area contributed by atoms with Crippen LogP contribution in [-0.4, -0.2) is 23.5 Å². The average molecular weight is 256 g/mol. The molecule has 1 amide bonds. The lowest BCUT2D eigenvalue weighted by molar-refractivity contribution is -0.116. The number of amides is 1. The molecule has 4 nitrogen and oxygen atoms in total. The molecule has 2 N–H and O–H groups in total. The highest BCUT2D eigenvalue weighted by molar-refractivity contribution is 6.32. The molecule has 0 radical (unpaired) electrons. The van der Waals surface area contributed by atoms with Crippen molar-refractivity contribution in [1.29, 1.82) is 0 Å². The van der Waals surface area contributed by atoms with Crippen LogP contribution < -0.4 is 10.6 Å². The molecule has 0 aromatic carbocycles. The number of aryl methyl sites for hydroxylation is 1. The number of rotatable bonds is 5. The molecule has 0 aliphatic rings. The largest absolute Gasteiger partial charge is 0.323 e. The fourth-order valence-corrected chi connectivity index (χ4v) is 1.60. The van der Waals surface area contributed by atoms with Crippen molar-refractivity contribution in [3.8, 4) is 0 Å². The molecule has 0 unspecified atom stereocenters. The van der Waals surface area contributed by atoms with Crippen LogP contribution in [0.2, 0.25) is 5.15 Å². The highest BCUT2D eigenvalue weighted by Crippen LogP contribution is 2.22. The molecule has 0 fully saturated rings. The molecule has 1 rings (SSSR count). The van der Waals surface area contributed by atoms with Gasteiger partial charge in [0.05, 0.1) is 5.69 Å². The third-order valence-electron chi connectivity index (χ3n) is 2.28. The molecule has 0 spiro atoms. The van der Waals surface area contributed by atoms with Gasteiger partial charge in [-0.2, -0.15) is 0 Å². The Kier molecular flexibility index (Phi) is 5.38. The topological polar surface area (TPSA) is 54.0 Å². The smallest absolute Gasteiger partial charge is 0.225 e. The second kappa shape index (κ2) is 6.57. The van der Waals surface area contributed by atoms with Gasteiger partial charge in [-0.15, -0.1) is 0 Å². The number of anilines is 1. The normalized spacial score (nSPS) is 10.6. The highest BCUT2D eigenvalue weighted by Gasteiger charge is 2.09. The van der Waals surface area contributed by atoms with Crippen molar-refractivity contribution in [2.45, 2.75) is 33.2 Å². The lowest BCUT2D eigenvalue weighted by Gasteiger charge is -2.10. The number of hydrogen-bond acceptors (Lipinski definition) is 3. The monoisotopic (exact) mass is 255 g/mol. The second-order valence-electron chi connectivity index (χ2n) is 4.20. The summed E-state index contributed by atoms with van der Waals surface area (Å²) in [6, 6.07) is 2.19. The number of halogens is 1. The summed E-state index contributed by atoms with van der Waals surface area (Å²) in [6.45, 7) is 6.62. The van der Waals surface area contributed by atoms with Gasteiger partial charge in [-0.1, -0.05) is 25.4 Å². The Morgan fingerprint density at radius 1 is 1.53 bits per heavy atom. The number of hydrogen-bond donors (Lipinski definition) is 2. The van der Waals surface area contributed by atoms with E-state index in [1.807, 2.05) is 26.8 Å². The van der Waals surface area contributed by atoms with Crippen LogP contribution in [0.4, 0.5) is 5.69 Å². The van der Waals surface area contributed by atoms with Crippen LogP contribution in [0.25, 0.3) is 0 Å². The van der Waals surface area contributed by atoms with Crippen molar-refractivity contribution in [2.75, 3.05) is 11.9 Å². The van der Waals surface area contributed by atoms with Crippen LogP contribution in [-0.2, 0) is 4.79 Å². The molecular weight excluding hydrogens is 238 g/mol. The molecular formula is C12H18ClN3O. The maximum atomic E-state index is 11.7. The standard InChI is InChI=1S/C12H18ClN3O/c1-8(2)14-7-5-10(17)16-11-9(3)4-6-15-12(11)13/h4,6,8,14H,5,7H2,1-3H3,(H,16,17). The highest BCUT2D eigenvalue weighted by atomic mass is 35.5. The third kappa shape index (κ3) is 4.71. The average Bonchev–Trinajstić information content (AvgIpc) is 2.23. The summed E-state index contributed by atoms with van der Waals surface area (Å²) < 4.78 is 0. The molecule has 0 atom stereocenters. The van der Waals surface area contributed by atoms with E-state index < -0.39 is 0 Å². The van der Waals surface area contributed by atoms with Gasteiger partial charge >= 0.3 is 0 Å². The Labute approximate surface area is 107 Å². The van der Waals surface area contributed by atoms with Crippen LogP contribution in [0.1, 0.15) is 25.8 Å². The molecule has 0 saturated carbocycles. The Hall–Kier alpha value is -1.13. The zero-order valence-electron chi connectivity index (χ0n) is 10.4. The van der Waals surface area contributed by atoms with Crippen LogP contribution in [0.15, 0.2) is 12.3 Å². The first-order valence-electron chi connectivity index (χ1n) is 5.65. The molecule has 0 aliphatic carbocycles. The number of carbonyl (C=O) groups excluding carboxylic acids is 1. The quantitative estimate of drug-likeness (QED) is 0.795. The van der Waals surface area contributed by atoms with Crippen molar-refractivity contribution in [3.63, 3.8) is 0 Å². The molecule has 94 valence electrons. The molecule has 17 heavy (non-hydrogen) atoms. The molecule has 1 aromatic heterocycles. The molecule has 0 bridgehead atoms. The van der Waals surface area contributed by atoms with E-state index in [4.69, 9.17) is 11.6 Å². The van der Waals surface area contributed by atoms with Gasteiger partial charge in [0.1, 0.15) is 0 Å². The van der Waals surface area contributed by atoms with E-state index in [-0.39, 0.29) is 5.91 Å². The predicted molar refractivity (Wildman–Crippen MR) is 70.4 cm³/mol. The van der Waals surface area contributed by atoms with Gasteiger partial charge in [-0.25, -0.2) is 4.98 Å². The molecule has 1 aromatic rings. The van der Waals surface area contributed by atoms with Crippen LogP contribution in [0, 0.1) is 6.92 Å². The number of pyridine rings is 1. The van der Waals surface area contributed by atoms with Gasteiger partial charge in [0.2, 0.25) is 5.91 Å². The van der Waals surface area contributed by atoms with Gasteiger partial charge in [-0.05, 0) is 18.6 Å². The van der Waals surface area contributed by atoms with E-state index in [2.05, 4.69) is 15.6 Å². The van der Waals surface area contributed by atoms with E-state index in [9.17, 15) is 4.79 Å². The van der Waals surface area contributed by atoms with Crippen LogP contribution >= 0.6 is 11.6 Å². The van der Waals surface area contributed by atoms with E-state index in [0.717, 1.165) is 5.56 Å². The number of nitrogens with one attached hydrogen (secondary N) is 2. The molecule has 0 aliphatic heterocycles. The van der Waals surface area contributed by atoms with Crippen molar-refractivity contribution in [1.82, 2.24) is 10.3 Å². The van der Waals surface area contributed by atoms with Crippen molar-refractivity contribution in [3.05, 3.63) is 23.0 Å². The summed E-state index contributed by atoms with van der Waals surface area (Å²) >= 11 is 5.92. The van der Waals surface area contributed by atoms with E-state index in [1.165, 1.54) is 0 Å². The lowest BCUT2D eigenvalue weighted by atomic mass is 10.2. The van der Waals surface area contributed by atoms with E-state index in [1.54, 1.807) is 6.20 Å². The van der Waals surface area contributed by atoms with Gasteiger partial charge in [-0.3, -0.25) is 4.79 Å². The SMILES string of the molecule is Cc1ccnc(Cl)c1NC(=O)CCNC(C)C. The Morgan fingerprint density at radius 2 is 2.24 bits per heavy atom. The van der Waals surface area contributed by atoms with Crippen molar-refractivity contribution in [2.24, 2.45) is 0 Å². The van der Waals surface area contributed by atoms with Gasteiger partial charge in [0.15, 0.2) is 5.15 Å². The second-order valence-corrected chi connectivity index (χ2v) is 4.56. The minimum absolute atomic E-state index is 0.0591. The number of aromatic nitrogens is 1. The van der Waals surface area contributed by atoms with Crippen LogP contribution in [0.5, 0.6) is 0 Å². The summed E-state index contributed by atoms with van der Waals surface area (Å²) in [6.07, 6.45) is 2.04. The minimum Gasteiger partial charge on any atom is -0.323 e. The first kappa shape index (κ1) is 13.9. The van der Waals surface area contributed by atoms with Crippen molar-refractivity contribution < 1.29 is 4.79 Å². The zero-order chi connectivity index (χ0) is 12.8. The predicted octanol–water partition coefficient (Wildman–Crippen LogP) is 2.37. The van der Waals surface area contributed by atoms with E-state index in [0.29, 0.717) is 29.8 Å². The third-order valence-corrected chi connectivity index (χ3v) is 2.57. The maximum absolute atomic E-state index is 11.7. The zero-order valence-corrected chi connectivity index (χ0v) is 11.1. The molecule has 0 saturated heterocycles. The Morgan fingerprint density at radius 3 is 2.82 bits per heavy atom.